The number of aromatic nitrogens is 2. The van der Waals surface area contributed by atoms with Crippen molar-refractivity contribution in [1.82, 2.24) is 20.0 Å². The van der Waals surface area contributed by atoms with Crippen molar-refractivity contribution in [2.75, 3.05) is 6.54 Å². The van der Waals surface area contributed by atoms with E-state index in [1.807, 2.05) is 0 Å². The van der Waals surface area contributed by atoms with Crippen LogP contribution in [0.3, 0.4) is 0 Å². The fourth-order valence-corrected chi connectivity index (χ4v) is 4.12. The van der Waals surface area contributed by atoms with Gasteiger partial charge in [-0.2, -0.15) is 0 Å². The first-order chi connectivity index (χ1) is 9.56. The molecule has 0 spiro atoms. The molecule has 1 aliphatic rings. The lowest BCUT2D eigenvalue weighted by Crippen LogP contribution is -2.46. The second-order valence-corrected chi connectivity index (χ2v) is 6.93. The molecule has 1 aliphatic heterocycles. The third kappa shape index (κ3) is 3.37. The molecule has 2 unspecified atom stereocenters. The molecule has 0 aliphatic carbocycles. The van der Waals surface area contributed by atoms with Gasteiger partial charge in [-0.25, -0.2) is 18.1 Å². The van der Waals surface area contributed by atoms with Crippen molar-refractivity contribution in [3.63, 3.8) is 0 Å². The maximum absolute atomic E-state index is 12.5. The molecule has 3 rings (SSSR count). The Morgan fingerprint density at radius 3 is 3.00 bits per heavy atom. The Balaban J connectivity index is 0.00000161. The zero-order valence-corrected chi connectivity index (χ0v) is 13.3. The molecule has 0 aromatic carbocycles. The molecular weight excluding hydrogens is 312 g/mol. The third-order valence-electron chi connectivity index (χ3n) is 3.65. The van der Waals surface area contributed by atoms with Crippen LogP contribution in [-0.2, 0) is 10.0 Å². The average molecular weight is 331 g/mol. The van der Waals surface area contributed by atoms with Crippen molar-refractivity contribution in [3.05, 3.63) is 24.5 Å². The van der Waals surface area contributed by atoms with Gasteiger partial charge < -0.3 is 10.3 Å². The standard InChI is InChI=1S/C13H18N4O2S.ClH/c1-9-7-10(4-6-14-9)17-20(18,19)12-8-16-13-11(12)3-2-5-15-13;/h2-3,5,8-10,14,17H,4,6-7H2,1H3,(H,15,16);1H. The van der Waals surface area contributed by atoms with E-state index in [0.717, 1.165) is 19.4 Å². The van der Waals surface area contributed by atoms with Crippen molar-refractivity contribution in [2.24, 2.45) is 0 Å². The molecule has 0 saturated carbocycles. The fourth-order valence-electron chi connectivity index (χ4n) is 2.68. The zero-order chi connectivity index (χ0) is 14.2. The second kappa shape index (κ2) is 6.31. The van der Waals surface area contributed by atoms with E-state index in [4.69, 9.17) is 0 Å². The summed E-state index contributed by atoms with van der Waals surface area (Å²) in [5.41, 5.74) is 0.589. The number of aromatic amines is 1. The molecule has 0 amide bonds. The Bertz CT molecular complexity index is 716. The largest absolute Gasteiger partial charge is 0.345 e. The van der Waals surface area contributed by atoms with Gasteiger partial charge in [0, 0.05) is 29.9 Å². The number of fused-ring (bicyclic) bond motifs is 1. The van der Waals surface area contributed by atoms with E-state index in [1.165, 1.54) is 6.20 Å². The number of halogens is 1. The van der Waals surface area contributed by atoms with Gasteiger partial charge in [0.15, 0.2) is 0 Å². The van der Waals surface area contributed by atoms with E-state index in [0.29, 0.717) is 17.1 Å². The highest BCUT2D eigenvalue weighted by Crippen LogP contribution is 2.22. The summed E-state index contributed by atoms with van der Waals surface area (Å²) in [7, 11) is -3.52. The van der Waals surface area contributed by atoms with E-state index in [9.17, 15) is 8.42 Å². The van der Waals surface area contributed by atoms with Gasteiger partial charge in [-0.3, -0.25) is 0 Å². The minimum absolute atomic E-state index is 0. The Kier molecular flexibility index (Phi) is 4.88. The van der Waals surface area contributed by atoms with E-state index >= 15 is 0 Å². The van der Waals surface area contributed by atoms with Gasteiger partial charge in [0.1, 0.15) is 10.5 Å². The molecule has 0 radical (unpaired) electrons. The topological polar surface area (TPSA) is 86.9 Å². The van der Waals surface area contributed by atoms with Gasteiger partial charge in [0.05, 0.1) is 0 Å². The number of hydrogen-bond donors (Lipinski definition) is 3. The molecule has 2 aromatic rings. The van der Waals surface area contributed by atoms with Crippen LogP contribution in [0.15, 0.2) is 29.4 Å². The maximum Gasteiger partial charge on any atom is 0.243 e. The minimum Gasteiger partial charge on any atom is -0.345 e. The van der Waals surface area contributed by atoms with Gasteiger partial charge in [0.2, 0.25) is 10.0 Å². The van der Waals surface area contributed by atoms with Crippen molar-refractivity contribution in [3.8, 4) is 0 Å². The maximum atomic E-state index is 12.5. The molecule has 3 N–H and O–H groups in total. The normalized spacial score (nSPS) is 22.9. The van der Waals surface area contributed by atoms with E-state index in [2.05, 4.69) is 26.9 Å². The monoisotopic (exact) mass is 330 g/mol. The van der Waals surface area contributed by atoms with Gasteiger partial charge >= 0.3 is 0 Å². The highest BCUT2D eigenvalue weighted by Gasteiger charge is 2.26. The Labute approximate surface area is 130 Å². The predicted molar refractivity (Wildman–Crippen MR) is 84.1 cm³/mol. The number of nitrogens with one attached hydrogen (secondary N) is 3. The summed E-state index contributed by atoms with van der Waals surface area (Å²) in [5, 5.41) is 3.94. The quantitative estimate of drug-likeness (QED) is 0.794. The number of sulfonamides is 1. The van der Waals surface area contributed by atoms with Crippen LogP contribution < -0.4 is 10.0 Å². The highest BCUT2D eigenvalue weighted by atomic mass is 35.5. The molecule has 1 fully saturated rings. The summed E-state index contributed by atoms with van der Waals surface area (Å²) in [6.07, 6.45) is 4.76. The summed E-state index contributed by atoms with van der Waals surface area (Å²) in [4.78, 5) is 7.28. The molecule has 0 bridgehead atoms. The van der Waals surface area contributed by atoms with Gasteiger partial charge in [-0.1, -0.05) is 0 Å². The Hall–Kier alpha value is -1.15. The van der Waals surface area contributed by atoms with Crippen molar-refractivity contribution >= 4 is 33.5 Å². The molecular formula is C13H19ClN4O2S. The molecule has 2 atom stereocenters. The molecule has 6 nitrogen and oxygen atoms in total. The predicted octanol–water partition coefficient (Wildman–Crippen LogP) is 1.40. The lowest BCUT2D eigenvalue weighted by molar-refractivity contribution is 0.361. The lowest BCUT2D eigenvalue weighted by Gasteiger charge is -2.28. The molecule has 116 valence electrons. The molecule has 1 saturated heterocycles. The molecule has 8 heteroatoms. The van der Waals surface area contributed by atoms with Crippen molar-refractivity contribution in [2.45, 2.75) is 36.7 Å². The summed E-state index contributed by atoms with van der Waals surface area (Å²) in [5.74, 6) is 0. The first-order valence-electron chi connectivity index (χ1n) is 6.74. The van der Waals surface area contributed by atoms with Gasteiger partial charge in [-0.15, -0.1) is 12.4 Å². The summed E-state index contributed by atoms with van der Waals surface area (Å²) < 4.78 is 27.8. The first-order valence-corrected chi connectivity index (χ1v) is 8.22. The average Bonchev–Trinajstić information content (AvgIpc) is 2.82. The lowest BCUT2D eigenvalue weighted by atomic mass is 10.0. The fraction of sp³-hybridized carbons (Fsp3) is 0.462. The van der Waals surface area contributed by atoms with Crippen LogP contribution in [0.2, 0.25) is 0 Å². The smallest absolute Gasteiger partial charge is 0.243 e. The van der Waals surface area contributed by atoms with Crippen LogP contribution in [0.5, 0.6) is 0 Å². The Morgan fingerprint density at radius 2 is 2.24 bits per heavy atom. The number of nitrogens with zero attached hydrogens (tertiary/aromatic N) is 1. The number of hydrogen-bond acceptors (Lipinski definition) is 4. The summed E-state index contributed by atoms with van der Waals surface area (Å²) in [6, 6.07) is 3.82. The third-order valence-corrected chi connectivity index (χ3v) is 5.21. The van der Waals surface area contributed by atoms with Crippen LogP contribution in [0, 0.1) is 0 Å². The van der Waals surface area contributed by atoms with Crippen LogP contribution in [0.1, 0.15) is 19.8 Å². The Morgan fingerprint density at radius 1 is 1.43 bits per heavy atom. The zero-order valence-electron chi connectivity index (χ0n) is 11.7. The van der Waals surface area contributed by atoms with E-state index < -0.39 is 10.0 Å². The first kappa shape index (κ1) is 16.2. The van der Waals surface area contributed by atoms with E-state index in [-0.39, 0.29) is 23.3 Å². The second-order valence-electron chi connectivity index (χ2n) is 5.25. The van der Waals surface area contributed by atoms with E-state index in [1.54, 1.807) is 18.3 Å². The molecule has 2 aromatic heterocycles. The van der Waals surface area contributed by atoms with Crippen LogP contribution >= 0.6 is 12.4 Å². The van der Waals surface area contributed by atoms with Crippen LogP contribution in [-0.4, -0.2) is 37.0 Å². The van der Waals surface area contributed by atoms with Crippen LogP contribution in [0.25, 0.3) is 11.0 Å². The molecule has 21 heavy (non-hydrogen) atoms. The summed E-state index contributed by atoms with van der Waals surface area (Å²) >= 11 is 0. The summed E-state index contributed by atoms with van der Waals surface area (Å²) in [6.45, 7) is 2.90. The highest BCUT2D eigenvalue weighted by molar-refractivity contribution is 7.89. The molecule has 3 heterocycles. The number of piperidine rings is 1. The van der Waals surface area contributed by atoms with Crippen LogP contribution in [0.4, 0.5) is 0 Å². The number of rotatable bonds is 3. The van der Waals surface area contributed by atoms with Gasteiger partial charge in [0.25, 0.3) is 0 Å². The number of H-pyrrole nitrogens is 1. The van der Waals surface area contributed by atoms with Gasteiger partial charge in [-0.05, 0) is 38.4 Å². The SMILES string of the molecule is CC1CC(NS(=O)(=O)c2c[nH]c3ncccc23)CCN1.Cl. The van der Waals surface area contributed by atoms with Crippen molar-refractivity contribution < 1.29 is 8.42 Å². The minimum atomic E-state index is -3.52. The van der Waals surface area contributed by atoms with Crippen molar-refractivity contribution in [1.29, 1.82) is 0 Å². The number of pyridine rings is 1.